The summed E-state index contributed by atoms with van der Waals surface area (Å²) in [7, 11) is 0. The molecule has 1 rings (SSSR count). The number of rotatable bonds is 8. The van der Waals surface area contributed by atoms with E-state index in [0.717, 1.165) is 13.0 Å². The van der Waals surface area contributed by atoms with Crippen LogP contribution in [0.4, 0.5) is 11.9 Å². The SMILES string of the molecule is CCCNc1nc(NCCO)nc(OCC)n1. The van der Waals surface area contributed by atoms with Gasteiger partial charge in [0.05, 0.1) is 13.2 Å². The predicted molar refractivity (Wildman–Crippen MR) is 65.4 cm³/mol. The summed E-state index contributed by atoms with van der Waals surface area (Å²) in [6.45, 7) is 5.62. The summed E-state index contributed by atoms with van der Waals surface area (Å²) in [5.74, 6) is 0.877. The zero-order valence-electron chi connectivity index (χ0n) is 10.2. The Hall–Kier alpha value is -1.63. The quantitative estimate of drug-likeness (QED) is 0.610. The molecule has 0 bridgehead atoms. The first kappa shape index (κ1) is 13.4. The lowest BCUT2D eigenvalue weighted by molar-refractivity contribution is 0.307. The van der Waals surface area contributed by atoms with Gasteiger partial charge >= 0.3 is 6.01 Å². The largest absolute Gasteiger partial charge is 0.464 e. The van der Waals surface area contributed by atoms with E-state index < -0.39 is 0 Å². The van der Waals surface area contributed by atoms with Crippen molar-refractivity contribution in [2.45, 2.75) is 20.3 Å². The van der Waals surface area contributed by atoms with Gasteiger partial charge in [-0.3, -0.25) is 0 Å². The highest BCUT2D eigenvalue weighted by atomic mass is 16.5. The molecule has 0 fully saturated rings. The van der Waals surface area contributed by atoms with Crippen LogP contribution in [0.25, 0.3) is 0 Å². The molecule has 0 saturated heterocycles. The maximum Gasteiger partial charge on any atom is 0.323 e. The summed E-state index contributed by atoms with van der Waals surface area (Å²) in [4.78, 5) is 12.3. The number of ether oxygens (including phenoxy) is 1. The Bertz CT molecular complexity index is 308. The summed E-state index contributed by atoms with van der Waals surface area (Å²) < 4.78 is 5.24. The van der Waals surface area contributed by atoms with E-state index in [1.165, 1.54) is 0 Å². The summed E-state index contributed by atoms with van der Waals surface area (Å²) in [6, 6.07) is 0.279. The highest BCUT2D eigenvalue weighted by Gasteiger charge is 2.06. The third-order valence-corrected chi connectivity index (χ3v) is 1.82. The molecule has 0 spiro atoms. The molecular formula is C10H19N5O2. The minimum atomic E-state index is 0.0212. The van der Waals surface area contributed by atoms with Gasteiger partial charge in [-0.2, -0.15) is 15.0 Å². The number of aromatic nitrogens is 3. The van der Waals surface area contributed by atoms with Crippen LogP contribution in [0.15, 0.2) is 0 Å². The van der Waals surface area contributed by atoms with Crippen molar-refractivity contribution in [3.05, 3.63) is 0 Å². The predicted octanol–water partition coefficient (Wildman–Crippen LogP) is 0.496. The molecule has 17 heavy (non-hydrogen) atoms. The van der Waals surface area contributed by atoms with Crippen molar-refractivity contribution < 1.29 is 9.84 Å². The molecule has 96 valence electrons. The minimum Gasteiger partial charge on any atom is -0.464 e. The molecule has 0 unspecified atom stereocenters. The van der Waals surface area contributed by atoms with Crippen LogP contribution in [0.5, 0.6) is 6.01 Å². The fraction of sp³-hybridized carbons (Fsp3) is 0.700. The Kier molecular flexibility index (Phi) is 6.02. The second-order valence-electron chi connectivity index (χ2n) is 3.28. The van der Waals surface area contributed by atoms with Gasteiger partial charge in [-0.1, -0.05) is 6.92 Å². The average molecular weight is 241 g/mol. The van der Waals surface area contributed by atoms with Crippen molar-refractivity contribution in [1.29, 1.82) is 0 Å². The Balaban J connectivity index is 2.76. The topological polar surface area (TPSA) is 92.2 Å². The smallest absolute Gasteiger partial charge is 0.323 e. The average Bonchev–Trinajstić information content (AvgIpc) is 2.34. The lowest BCUT2D eigenvalue weighted by atomic mass is 10.5. The number of aliphatic hydroxyl groups is 1. The first-order valence-electron chi connectivity index (χ1n) is 5.77. The van der Waals surface area contributed by atoms with Gasteiger partial charge in [0.1, 0.15) is 0 Å². The zero-order chi connectivity index (χ0) is 12.5. The standard InChI is InChI=1S/C10H19N5O2/c1-3-5-11-8-13-9(12-6-7-16)15-10(14-8)17-4-2/h16H,3-7H2,1-2H3,(H2,11,12,13,14,15). The lowest BCUT2D eigenvalue weighted by Gasteiger charge is -2.08. The second kappa shape index (κ2) is 7.61. The molecule has 1 heterocycles. The third kappa shape index (κ3) is 4.81. The Labute approximate surface area is 101 Å². The summed E-state index contributed by atoms with van der Waals surface area (Å²) in [5, 5.41) is 14.7. The Morgan fingerprint density at radius 1 is 1.06 bits per heavy atom. The van der Waals surface area contributed by atoms with E-state index >= 15 is 0 Å². The third-order valence-electron chi connectivity index (χ3n) is 1.82. The first-order valence-corrected chi connectivity index (χ1v) is 5.77. The molecule has 0 saturated carbocycles. The van der Waals surface area contributed by atoms with Crippen LogP contribution in [0.3, 0.4) is 0 Å². The second-order valence-corrected chi connectivity index (χ2v) is 3.28. The highest BCUT2D eigenvalue weighted by Crippen LogP contribution is 2.10. The van der Waals surface area contributed by atoms with Gasteiger partial charge in [0, 0.05) is 13.1 Å². The molecule has 3 N–H and O–H groups in total. The molecule has 0 aromatic carbocycles. The minimum absolute atomic E-state index is 0.0212. The van der Waals surface area contributed by atoms with Crippen molar-refractivity contribution in [2.75, 3.05) is 36.9 Å². The molecule has 0 aliphatic rings. The monoisotopic (exact) mass is 241 g/mol. The molecule has 1 aromatic rings. The molecule has 0 aliphatic carbocycles. The van der Waals surface area contributed by atoms with E-state index in [-0.39, 0.29) is 12.6 Å². The molecule has 1 aromatic heterocycles. The van der Waals surface area contributed by atoms with Crippen LogP contribution in [0.1, 0.15) is 20.3 Å². The number of aliphatic hydroxyl groups excluding tert-OH is 1. The molecule has 7 heteroatoms. The van der Waals surface area contributed by atoms with Crippen molar-refractivity contribution in [3.8, 4) is 6.01 Å². The number of anilines is 2. The van der Waals surface area contributed by atoms with E-state index in [1.807, 2.05) is 6.92 Å². The highest BCUT2D eigenvalue weighted by molar-refractivity contribution is 5.35. The fourth-order valence-electron chi connectivity index (χ4n) is 1.11. The molecule has 0 aliphatic heterocycles. The molecule has 0 atom stereocenters. The van der Waals surface area contributed by atoms with Gasteiger partial charge in [0.25, 0.3) is 0 Å². The van der Waals surface area contributed by atoms with Crippen LogP contribution in [-0.4, -0.2) is 46.4 Å². The summed E-state index contributed by atoms with van der Waals surface area (Å²) in [6.07, 6.45) is 0.981. The van der Waals surface area contributed by atoms with E-state index in [0.29, 0.717) is 25.0 Å². The molecule has 0 radical (unpaired) electrons. The maximum atomic E-state index is 8.73. The van der Waals surface area contributed by atoms with Crippen LogP contribution >= 0.6 is 0 Å². The fourth-order valence-corrected chi connectivity index (χ4v) is 1.11. The van der Waals surface area contributed by atoms with Gasteiger partial charge < -0.3 is 20.5 Å². The van der Waals surface area contributed by atoms with Crippen molar-refractivity contribution in [2.24, 2.45) is 0 Å². The van der Waals surface area contributed by atoms with Crippen LogP contribution in [0.2, 0.25) is 0 Å². The first-order chi connectivity index (χ1) is 8.30. The maximum absolute atomic E-state index is 8.73. The van der Waals surface area contributed by atoms with E-state index in [1.54, 1.807) is 0 Å². The van der Waals surface area contributed by atoms with E-state index in [2.05, 4.69) is 32.5 Å². The van der Waals surface area contributed by atoms with Crippen molar-refractivity contribution in [1.82, 2.24) is 15.0 Å². The van der Waals surface area contributed by atoms with Gasteiger partial charge in [0.15, 0.2) is 0 Å². The number of nitrogens with zero attached hydrogens (tertiary/aromatic N) is 3. The van der Waals surface area contributed by atoms with Gasteiger partial charge in [-0.05, 0) is 13.3 Å². The van der Waals surface area contributed by atoms with Crippen LogP contribution in [-0.2, 0) is 0 Å². The molecular weight excluding hydrogens is 222 g/mol. The van der Waals surface area contributed by atoms with Crippen molar-refractivity contribution >= 4 is 11.9 Å². The molecule has 7 nitrogen and oxygen atoms in total. The van der Waals surface area contributed by atoms with E-state index in [9.17, 15) is 0 Å². The number of hydrogen-bond acceptors (Lipinski definition) is 7. The molecule has 0 amide bonds. The summed E-state index contributed by atoms with van der Waals surface area (Å²) in [5.41, 5.74) is 0. The summed E-state index contributed by atoms with van der Waals surface area (Å²) >= 11 is 0. The zero-order valence-corrected chi connectivity index (χ0v) is 10.2. The van der Waals surface area contributed by atoms with Crippen LogP contribution in [0, 0.1) is 0 Å². The Morgan fingerprint density at radius 3 is 2.24 bits per heavy atom. The number of hydrogen-bond donors (Lipinski definition) is 3. The van der Waals surface area contributed by atoms with E-state index in [4.69, 9.17) is 9.84 Å². The van der Waals surface area contributed by atoms with Gasteiger partial charge in [-0.25, -0.2) is 0 Å². The number of nitrogens with one attached hydrogen (secondary N) is 2. The van der Waals surface area contributed by atoms with Crippen LogP contribution < -0.4 is 15.4 Å². The lowest BCUT2D eigenvalue weighted by Crippen LogP contribution is -2.13. The Morgan fingerprint density at radius 2 is 1.71 bits per heavy atom. The van der Waals surface area contributed by atoms with Gasteiger partial charge in [-0.15, -0.1) is 0 Å². The van der Waals surface area contributed by atoms with Crippen molar-refractivity contribution in [3.63, 3.8) is 0 Å². The normalized spacial score (nSPS) is 10.1. The van der Waals surface area contributed by atoms with Gasteiger partial charge in [0.2, 0.25) is 11.9 Å².